The predicted molar refractivity (Wildman–Crippen MR) is 222 cm³/mol. The van der Waals surface area contributed by atoms with Gasteiger partial charge in [0, 0.05) is 16.2 Å². The Morgan fingerprint density at radius 1 is 0.411 bits per heavy atom. The van der Waals surface area contributed by atoms with Crippen LogP contribution in [0.3, 0.4) is 0 Å². The molecule has 4 N–H and O–H groups in total. The van der Waals surface area contributed by atoms with Crippen LogP contribution in [0, 0.1) is 6.92 Å². The molecule has 8 rings (SSSR count). The van der Waals surface area contributed by atoms with E-state index in [1.807, 2.05) is 97.9 Å². The van der Waals surface area contributed by atoms with E-state index >= 15 is 0 Å². The Bertz CT molecular complexity index is 2780. The molecule has 0 aliphatic carbocycles. The van der Waals surface area contributed by atoms with Crippen molar-refractivity contribution < 1.29 is 25.2 Å². The van der Waals surface area contributed by atoms with E-state index in [4.69, 9.17) is 4.74 Å². The first-order valence-electron chi connectivity index (χ1n) is 17.1. The minimum absolute atomic E-state index is 0. The van der Waals surface area contributed by atoms with Crippen LogP contribution < -0.4 is 4.74 Å². The van der Waals surface area contributed by atoms with Crippen LogP contribution in [0.25, 0.3) is 32.3 Å². The highest BCUT2D eigenvalue weighted by Crippen LogP contribution is 2.42. The lowest BCUT2D eigenvalue weighted by Crippen LogP contribution is -1.81. The molecule has 0 aliphatic heterocycles. The monoisotopic (exact) mass is 742 g/mol. The Labute approximate surface area is 322 Å². The minimum Gasteiger partial charge on any atom is -0.506 e. The summed E-state index contributed by atoms with van der Waals surface area (Å²) < 4.78 is 5.26. The third-order valence-corrected chi connectivity index (χ3v) is 8.79. The average Bonchev–Trinajstić information content (AvgIpc) is 3.21. The van der Waals surface area contributed by atoms with Gasteiger partial charge in [0.15, 0.2) is 0 Å². The largest absolute Gasteiger partial charge is 0.506 e. The maximum atomic E-state index is 10.3. The number of phenols is 4. The standard InChI is InChI=1S/C23H18N4O3.C21H16N2O2.CH4/c1-30-22-9-5-4-8-18(22)25-24-16-11-13-20(28)19(14-16)26-27-23-17-7-3-2-6-15(17)10-12-21(23)29;1-13-12-19(25)21(17-9-5-4-7-15(13)17)23-22-20-16-8-3-2-6-14(16)10-11-18(20)24;/h2-14,28-29H,1H3;2-12,24-25H,1H3;1H4. The molecular formula is C45H38N6O5. The fourth-order valence-corrected chi connectivity index (χ4v) is 6.01. The topological polar surface area (TPSA) is 164 Å². The number of azo groups is 3. The summed E-state index contributed by atoms with van der Waals surface area (Å²) in [6.45, 7) is 1.94. The number of nitrogens with zero attached hydrogens (tertiary/aromatic N) is 6. The zero-order valence-corrected chi connectivity index (χ0v) is 29.7. The molecule has 0 unspecified atom stereocenters. The smallest absolute Gasteiger partial charge is 0.146 e. The number of benzene rings is 8. The van der Waals surface area contributed by atoms with Gasteiger partial charge in [-0.2, -0.15) is 5.11 Å². The Hall–Kier alpha value is -7.66. The Morgan fingerprint density at radius 2 is 0.893 bits per heavy atom. The Kier molecular flexibility index (Phi) is 11.6. The average molecular weight is 743 g/mol. The molecule has 0 fully saturated rings. The number of rotatable bonds is 7. The molecular weight excluding hydrogens is 705 g/mol. The van der Waals surface area contributed by atoms with Gasteiger partial charge in [0.1, 0.15) is 57.2 Å². The van der Waals surface area contributed by atoms with Gasteiger partial charge in [0.05, 0.1) is 12.8 Å². The van der Waals surface area contributed by atoms with E-state index in [0.717, 1.165) is 37.9 Å². The van der Waals surface area contributed by atoms with Gasteiger partial charge >= 0.3 is 0 Å². The van der Waals surface area contributed by atoms with Gasteiger partial charge in [-0.05, 0) is 77.2 Å². The molecule has 278 valence electrons. The number of aryl methyl sites for hydroxylation is 1. The second-order valence-electron chi connectivity index (χ2n) is 12.4. The summed E-state index contributed by atoms with van der Waals surface area (Å²) in [7, 11) is 1.57. The summed E-state index contributed by atoms with van der Waals surface area (Å²) in [6.07, 6.45) is 0. The van der Waals surface area contributed by atoms with Crippen molar-refractivity contribution in [2.45, 2.75) is 14.4 Å². The lowest BCUT2D eigenvalue weighted by molar-refractivity contribution is 0.416. The van der Waals surface area contributed by atoms with Crippen LogP contribution in [0.15, 0.2) is 176 Å². The normalized spacial score (nSPS) is 11.3. The molecule has 0 aromatic heterocycles. The predicted octanol–water partition coefficient (Wildman–Crippen LogP) is 13.9. The molecule has 0 saturated heterocycles. The third-order valence-electron chi connectivity index (χ3n) is 8.79. The highest BCUT2D eigenvalue weighted by atomic mass is 16.5. The van der Waals surface area contributed by atoms with Gasteiger partial charge in [0.2, 0.25) is 0 Å². The maximum Gasteiger partial charge on any atom is 0.146 e. The summed E-state index contributed by atoms with van der Waals surface area (Å²) in [5.41, 5.74) is 3.36. The molecule has 0 atom stereocenters. The first kappa shape index (κ1) is 38.1. The number of hydrogen-bond donors (Lipinski definition) is 4. The second-order valence-corrected chi connectivity index (χ2v) is 12.4. The van der Waals surface area contributed by atoms with Crippen molar-refractivity contribution in [1.82, 2.24) is 0 Å². The van der Waals surface area contributed by atoms with Crippen LogP contribution in [0.4, 0.5) is 34.1 Å². The van der Waals surface area contributed by atoms with E-state index in [9.17, 15) is 20.4 Å². The van der Waals surface area contributed by atoms with Crippen molar-refractivity contribution in [2.75, 3.05) is 7.11 Å². The van der Waals surface area contributed by atoms with E-state index in [1.54, 1.807) is 55.6 Å². The number of ether oxygens (including phenoxy) is 1. The molecule has 11 nitrogen and oxygen atoms in total. The number of para-hydroxylation sites is 1. The van der Waals surface area contributed by atoms with Crippen molar-refractivity contribution in [3.63, 3.8) is 0 Å². The first-order chi connectivity index (χ1) is 26.8. The molecule has 11 heteroatoms. The Balaban J connectivity index is 0.000000189. The summed E-state index contributed by atoms with van der Waals surface area (Å²) in [5, 5.41) is 71.4. The maximum absolute atomic E-state index is 10.3. The summed E-state index contributed by atoms with van der Waals surface area (Å²) in [5.74, 6) is 0.670. The number of hydrogen-bond acceptors (Lipinski definition) is 11. The molecule has 56 heavy (non-hydrogen) atoms. The Morgan fingerprint density at radius 3 is 1.52 bits per heavy atom. The quantitative estimate of drug-likeness (QED) is 0.119. The van der Waals surface area contributed by atoms with Crippen LogP contribution in [-0.2, 0) is 0 Å². The molecule has 8 aromatic carbocycles. The van der Waals surface area contributed by atoms with Crippen molar-refractivity contribution in [3.05, 3.63) is 151 Å². The number of methoxy groups -OCH3 is 1. The van der Waals surface area contributed by atoms with Gasteiger partial charge in [0.25, 0.3) is 0 Å². The molecule has 8 aromatic rings. The summed E-state index contributed by atoms with van der Waals surface area (Å²) >= 11 is 0. The van der Waals surface area contributed by atoms with E-state index in [2.05, 4.69) is 30.7 Å². The van der Waals surface area contributed by atoms with Crippen LogP contribution >= 0.6 is 0 Å². The molecule has 0 radical (unpaired) electrons. The number of fused-ring (bicyclic) bond motifs is 3. The number of phenolic OH excluding ortho intramolecular Hbond substituents is 4. The van der Waals surface area contributed by atoms with Crippen molar-refractivity contribution in [2.24, 2.45) is 30.7 Å². The highest BCUT2D eigenvalue weighted by Gasteiger charge is 2.12. The van der Waals surface area contributed by atoms with E-state index in [0.29, 0.717) is 34.2 Å². The van der Waals surface area contributed by atoms with Gasteiger partial charge < -0.3 is 25.2 Å². The highest BCUT2D eigenvalue weighted by molar-refractivity contribution is 5.98. The first-order valence-corrected chi connectivity index (χ1v) is 17.1. The van der Waals surface area contributed by atoms with Gasteiger partial charge in [-0.1, -0.05) is 104 Å². The zero-order chi connectivity index (χ0) is 38.3. The molecule has 0 heterocycles. The summed E-state index contributed by atoms with van der Waals surface area (Å²) in [6, 6.07) is 43.3. The molecule has 0 spiro atoms. The van der Waals surface area contributed by atoms with Crippen molar-refractivity contribution in [1.29, 1.82) is 0 Å². The van der Waals surface area contributed by atoms with Crippen LogP contribution in [-0.4, -0.2) is 27.5 Å². The van der Waals surface area contributed by atoms with Crippen molar-refractivity contribution >= 4 is 66.4 Å². The molecule has 0 amide bonds. The molecule has 0 saturated carbocycles. The van der Waals surface area contributed by atoms with Gasteiger partial charge in [-0.15, -0.1) is 25.6 Å². The fraction of sp³-hybridized carbons (Fsp3) is 0.0667. The third kappa shape index (κ3) is 8.12. The summed E-state index contributed by atoms with van der Waals surface area (Å²) in [4.78, 5) is 0. The van der Waals surface area contributed by atoms with Crippen molar-refractivity contribution in [3.8, 4) is 28.7 Å². The fourth-order valence-electron chi connectivity index (χ4n) is 6.01. The lowest BCUT2D eigenvalue weighted by atomic mass is 10.0. The lowest BCUT2D eigenvalue weighted by Gasteiger charge is -2.08. The minimum atomic E-state index is -0.0604. The van der Waals surface area contributed by atoms with Crippen LogP contribution in [0.2, 0.25) is 0 Å². The van der Waals surface area contributed by atoms with E-state index in [-0.39, 0.29) is 36.1 Å². The number of aromatic hydroxyl groups is 4. The second kappa shape index (κ2) is 17.0. The van der Waals surface area contributed by atoms with Gasteiger partial charge in [-0.3, -0.25) is 0 Å². The zero-order valence-electron chi connectivity index (χ0n) is 29.7. The van der Waals surface area contributed by atoms with E-state index in [1.165, 1.54) is 6.07 Å². The van der Waals surface area contributed by atoms with Gasteiger partial charge in [-0.25, -0.2) is 0 Å². The molecule has 0 aliphatic rings. The molecule has 0 bridgehead atoms. The SMILES string of the molecule is C.COc1ccccc1N=Nc1ccc(O)c(N=Nc2c(O)ccc3ccccc23)c1.Cc1cc(O)c(N=Nc2c(O)ccc3ccccc23)c2ccccc12. The van der Waals surface area contributed by atoms with Crippen LogP contribution in [0.1, 0.15) is 13.0 Å². The van der Waals surface area contributed by atoms with Crippen LogP contribution in [0.5, 0.6) is 28.7 Å². The van der Waals surface area contributed by atoms with E-state index < -0.39 is 0 Å².